The van der Waals surface area contributed by atoms with E-state index in [1.165, 1.54) is 11.3 Å². The van der Waals surface area contributed by atoms with Gasteiger partial charge in [-0.25, -0.2) is 4.99 Å². The number of carbonyl (C=O) groups is 1. The molecule has 1 N–H and O–H groups in total. The van der Waals surface area contributed by atoms with Gasteiger partial charge in [-0.3, -0.25) is 4.79 Å². The van der Waals surface area contributed by atoms with Crippen molar-refractivity contribution in [3.8, 4) is 0 Å². The summed E-state index contributed by atoms with van der Waals surface area (Å²) in [5.41, 5.74) is 7.23. The number of ketones is 1. The molecular formula is C25H27N3O. The monoisotopic (exact) mass is 385 g/mol. The fourth-order valence-electron chi connectivity index (χ4n) is 5.00. The second kappa shape index (κ2) is 7.18. The number of aliphatic imine (C=N–C) groups is 1. The number of Topliss-reactive ketones (excluding diaryl/α,β-unsaturated/α-hetero) is 1. The SMILES string of the molecule is CCNc1cc(C)c(/N=C2/C=C3CCCN4CCCC(=C34)C2=O)c2ccccc12. The molecule has 4 heteroatoms. The van der Waals surface area contributed by atoms with Crippen molar-refractivity contribution in [3.05, 3.63) is 58.8 Å². The molecule has 0 saturated carbocycles. The molecule has 0 amide bonds. The van der Waals surface area contributed by atoms with Crippen molar-refractivity contribution >= 4 is 33.6 Å². The van der Waals surface area contributed by atoms with E-state index >= 15 is 0 Å². The highest BCUT2D eigenvalue weighted by Gasteiger charge is 2.34. The second-order valence-electron chi connectivity index (χ2n) is 8.18. The van der Waals surface area contributed by atoms with Crippen LogP contribution >= 0.6 is 0 Å². The topological polar surface area (TPSA) is 44.7 Å². The number of nitrogens with one attached hydrogen (secondary N) is 1. The van der Waals surface area contributed by atoms with E-state index in [2.05, 4.69) is 54.4 Å². The van der Waals surface area contributed by atoms with Crippen molar-refractivity contribution in [1.82, 2.24) is 4.90 Å². The van der Waals surface area contributed by atoms with Crippen LogP contribution in [-0.4, -0.2) is 36.0 Å². The number of aryl methyl sites for hydroxylation is 1. The first kappa shape index (κ1) is 18.2. The Bertz CT molecular complexity index is 1110. The molecule has 0 radical (unpaired) electrons. The van der Waals surface area contributed by atoms with Crippen LogP contribution in [0.15, 0.2) is 58.2 Å². The van der Waals surface area contributed by atoms with Crippen molar-refractivity contribution in [1.29, 1.82) is 0 Å². The Kier molecular flexibility index (Phi) is 4.50. The van der Waals surface area contributed by atoms with Crippen molar-refractivity contribution < 1.29 is 4.79 Å². The number of nitrogens with zero attached hydrogens (tertiary/aromatic N) is 2. The summed E-state index contributed by atoms with van der Waals surface area (Å²) in [4.78, 5) is 20.7. The van der Waals surface area contributed by atoms with Crippen molar-refractivity contribution in [2.24, 2.45) is 4.99 Å². The minimum Gasteiger partial charge on any atom is -0.385 e. The first-order valence-corrected chi connectivity index (χ1v) is 10.8. The van der Waals surface area contributed by atoms with Crippen molar-refractivity contribution in [3.63, 3.8) is 0 Å². The van der Waals surface area contributed by atoms with Gasteiger partial charge in [0.15, 0.2) is 0 Å². The number of benzene rings is 2. The molecule has 2 aromatic carbocycles. The van der Waals surface area contributed by atoms with Crippen LogP contribution in [0.25, 0.3) is 10.8 Å². The van der Waals surface area contributed by atoms with Gasteiger partial charge in [0, 0.05) is 47.4 Å². The zero-order valence-electron chi connectivity index (χ0n) is 17.2. The molecule has 0 bridgehead atoms. The van der Waals surface area contributed by atoms with Crippen LogP contribution < -0.4 is 5.32 Å². The number of hydrogen-bond donors (Lipinski definition) is 1. The largest absolute Gasteiger partial charge is 0.385 e. The second-order valence-corrected chi connectivity index (χ2v) is 8.18. The molecule has 29 heavy (non-hydrogen) atoms. The highest BCUT2D eigenvalue weighted by molar-refractivity contribution is 6.51. The molecule has 5 rings (SSSR count). The highest BCUT2D eigenvalue weighted by atomic mass is 16.1. The molecule has 2 heterocycles. The molecule has 4 nitrogen and oxygen atoms in total. The van der Waals surface area contributed by atoms with Gasteiger partial charge < -0.3 is 10.2 Å². The van der Waals surface area contributed by atoms with Gasteiger partial charge in [-0.1, -0.05) is 24.3 Å². The van der Waals surface area contributed by atoms with Crippen molar-refractivity contribution in [2.45, 2.75) is 39.5 Å². The van der Waals surface area contributed by atoms with Gasteiger partial charge in [0.1, 0.15) is 5.71 Å². The van der Waals surface area contributed by atoms with E-state index in [0.29, 0.717) is 5.71 Å². The average Bonchev–Trinajstić information content (AvgIpc) is 2.74. The molecule has 1 aliphatic carbocycles. The molecular weight excluding hydrogens is 358 g/mol. The minimum atomic E-state index is 0.120. The Labute approximate surface area is 172 Å². The fourth-order valence-corrected chi connectivity index (χ4v) is 5.00. The first-order chi connectivity index (χ1) is 14.2. The molecule has 1 saturated heterocycles. The number of anilines is 1. The maximum Gasteiger partial charge on any atom is 0.209 e. The third-order valence-electron chi connectivity index (χ3n) is 6.26. The van der Waals surface area contributed by atoms with Crippen LogP contribution in [0, 0.1) is 6.92 Å². The average molecular weight is 386 g/mol. The maximum absolute atomic E-state index is 13.3. The van der Waals surface area contributed by atoms with Crippen LogP contribution in [0.5, 0.6) is 0 Å². The van der Waals surface area contributed by atoms with Crippen LogP contribution in [0.1, 0.15) is 38.2 Å². The summed E-state index contributed by atoms with van der Waals surface area (Å²) in [7, 11) is 0. The molecule has 148 valence electrons. The number of rotatable bonds is 3. The molecule has 0 spiro atoms. The Morgan fingerprint density at radius 1 is 1.10 bits per heavy atom. The van der Waals surface area contributed by atoms with Crippen molar-refractivity contribution in [2.75, 3.05) is 25.0 Å². The first-order valence-electron chi connectivity index (χ1n) is 10.8. The lowest BCUT2D eigenvalue weighted by Crippen LogP contribution is -2.39. The van der Waals surface area contributed by atoms with E-state index in [1.807, 2.05) is 6.07 Å². The van der Waals surface area contributed by atoms with Crippen LogP contribution in [0.4, 0.5) is 11.4 Å². The molecule has 0 aromatic heterocycles. The van der Waals surface area contributed by atoms with E-state index in [1.54, 1.807) is 0 Å². The lowest BCUT2D eigenvalue weighted by atomic mass is 9.83. The van der Waals surface area contributed by atoms with E-state index in [4.69, 9.17) is 4.99 Å². The Morgan fingerprint density at radius 3 is 2.66 bits per heavy atom. The molecule has 0 atom stereocenters. The van der Waals surface area contributed by atoms with Gasteiger partial charge in [0.2, 0.25) is 5.78 Å². The fraction of sp³-hybridized carbons (Fsp3) is 0.360. The Balaban J connectivity index is 1.66. The quantitative estimate of drug-likeness (QED) is 0.729. The lowest BCUT2D eigenvalue weighted by molar-refractivity contribution is -0.110. The summed E-state index contributed by atoms with van der Waals surface area (Å²) < 4.78 is 0. The summed E-state index contributed by atoms with van der Waals surface area (Å²) >= 11 is 0. The van der Waals surface area contributed by atoms with E-state index < -0.39 is 0 Å². The van der Waals surface area contributed by atoms with Crippen LogP contribution in [-0.2, 0) is 4.79 Å². The molecule has 3 aliphatic rings. The lowest BCUT2D eigenvalue weighted by Gasteiger charge is -2.40. The van der Waals surface area contributed by atoms with E-state index in [9.17, 15) is 4.79 Å². The van der Waals surface area contributed by atoms with E-state index in [-0.39, 0.29) is 5.78 Å². The van der Waals surface area contributed by atoms with Gasteiger partial charge in [-0.15, -0.1) is 0 Å². The predicted octanol–water partition coefficient (Wildman–Crippen LogP) is 5.31. The standard InChI is InChI=1S/C25H27N3O/c1-3-26-21-14-16(2)23(19-10-5-4-9-18(19)21)27-22-15-17-8-6-12-28-13-7-11-20(24(17)28)25(22)29/h4-5,9-10,14-15,26H,3,6-8,11-13H2,1-2H3/b27-22-. The third kappa shape index (κ3) is 2.98. The number of carbonyl (C=O) groups excluding carboxylic acids is 1. The summed E-state index contributed by atoms with van der Waals surface area (Å²) in [6, 6.07) is 10.5. The van der Waals surface area contributed by atoms with Gasteiger partial charge >= 0.3 is 0 Å². The Hall–Kier alpha value is -2.88. The third-order valence-corrected chi connectivity index (χ3v) is 6.26. The summed E-state index contributed by atoms with van der Waals surface area (Å²) in [5.74, 6) is 0.120. The van der Waals surface area contributed by atoms with Gasteiger partial charge in [-0.2, -0.15) is 0 Å². The molecule has 0 unspecified atom stereocenters. The van der Waals surface area contributed by atoms with Crippen LogP contribution in [0.2, 0.25) is 0 Å². The Morgan fingerprint density at radius 2 is 1.86 bits per heavy atom. The summed E-state index contributed by atoms with van der Waals surface area (Å²) in [6.45, 7) is 7.21. The number of fused-ring (bicyclic) bond motifs is 1. The molecule has 2 aliphatic heterocycles. The highest BCUT2D eigenvalue weighted by Crippen LogP contribution is 2.39. The maximum atomic E-state index is 13.3. The van der Waals surface area contributed by atoms with Gasteiger partial charge in [0.05, 0.1) is 5.69 Å². The molecule has 1 fully saturated rings. The number of allylic oxidation sites excluding steroid dienone is 3. The normalized spacial score (nSPS) is 20.2. The van der Waals surface area contributed by atoms with E-state index in [0.717, 1.165) is 78.6 Å². The smallest absolute Gasteiger partial charge is 0.209 e. The molecule has 2 aromatic rings. The number of piperidine rings is 1. The zero-order chi connectivity index (χ0) is 20.0. The van der Waals surface area contributed by atoms with Crippen LogP contribution in [0.3, 0.4) is 0 Å². The zero-order valence-corrected chi connectivity index (χ0v) is 17.2. The summed E-state index contributed by atoms with van der Waals surface area (Å²) in [5, 5.41) is 5.70. The van der Waals surface area contributed by atoms with Gasteiger partial charge in [0.25, 0.3) is 0 Å². The predicted molar refractivity (Wildman–Crippen MR) is 120 cm³/mol. The number of hydrogen-bond acceptors (Lipinski definition) is 4. The summed E-state index contributed by atoms with van der Waals surface area (Å²) in [6.07, 6.45) is 6.19. The van der Waals surface area contributed by atoms with Gasteiger partial charge in [-0.05, 0) is 62.8 Å². The minimum absolute atomic E-state index is 0.120.